The topological polar surface area (TPSA) is 29.5 Å². The molecule has 22 heavy (non-hydrogen) atoms. The molecule has 0 atom stereocenters. The third-order valence-corrected chi connectivity index (χ3v) is 4.01. The minimum Gasteiger partial charge on any atom is -0.501 e. The van der Waals surface area contributed by atoms with Crippen molar-refractivity contribution in [3.63, 3.8) is 0 Å². The first-order valence-corrected chi connectivity index (χ1v) is 7.60. The fourth-order valence-corrected chi connectivity index (χ4v) is 3.01. The lowest BCUT2D eigenvalue weighted by Crippen LogP contribution is -2.21. The van der Waals surface area contributed by atoms with Crippen molar-refractivity contribution in [2.75, 3.05) is 11.5 Å². The smallest absolute Gasteiger partial charge is 0.266 e. The highest BCUT2D eigenvalue weighted by molar-refractivity contribution is 6.43. The summed E-state index contributed by atoms with van der Waals surface area (Å²) in [6, 6.07) is 12.7. The van der Waals surface area contributed by atoms with Gasteiger partial charge >= 0.3 is 0 Å². The molecule has 0 N–H and O–H groups in total. The summed E-state index contributed by atoms with van der Waals surface area (Å²) in [4.78, 5) is 14.4. The Balaban J connectivity index is 2.20. The van der Waals surface area contributed by atoms with Gasteiger partial charge in [0.15, 0.2) is 0 Å². The number of ether oxygens (including phenoxy) is 1. The maximum atomic E-state index is 12.8. The van der Waals surface area contributed by atoms with Crippen molar-refractivity contribution in [2.45, 2.75) is 6.92 Å². The Kier molecular flexibility index (Phi) is 4.10. The van der Waals surface area contributed by atoms with E-state index in [9.17, 15) is 4.79 Å². The fourth-order valence-electron chi connectivity index (χ4n) is 2.45. The summed E-state index contributed by atoms with van der Waals surface area (Å²) in [5.74, 6) is -0.204. The van der Waals surface area contributed by atoms with Crippen molar-refractivity contribution in [3.8, 4) is 0 Å². The second-order valence-electron chi connectivity index (χ2n) is 4.71. The lowest BCUT2D eigenvalue weighted by molar-refractivity contribution is -0.112. The van der Waals surface area contributed by atoms with Crippen molar-refractivity contribution in [2.24, 2.45) is 0 Å². The van der Waals surface area contributed by atoms with Crippen LogP contribution >= 0.6 is 23.2 Å². The monoisotopic (exact) mass is 333 g/mol. The van der Waals surface area contributed by atoms with Gasteiger partial charge in [0.2, 0.25) is 0 Å². The van der Waals surface area contributed by atoms with Crippen LogP contribution in [0.4, 0.5) is 11.4 Å². The molecule has 2 aromatic rings. The van der Waals surface area contributed by atoms with Gasteiger partial charge < -0.3 is 4.74 Å². The molecule has 112 valence electrons. The molecule has 0 aromatic heterocycles. The van der Waals surface area contributed by atoms with Gasteiger partial charge in [0.25, 0.3) is 5.91 Å². The third kappa shape index (κ3) is 2.36. The van der Waals surface area contributed by atoms with Gasteiger partial charge in [-0.05, 0) is 25.1 Å². The van der Waals surface area contributed by atoms with E-state index in [0.717, 1.165) is 11.3 Å². The maximum Gasteiger partial charge on any atom is 0.266 e. The highest BCUT2D eigenvalue weighted by Gasteiger charge is 2.35. The van der Waals surface area contributed by atoms with Crippen LogP contribution in [-0.4, -0.2) is 12.5 Å². The zero-order valence-electron chi connectivity index (χ0n) is 11.8. The Hall–Kier alpha value is -1.97. The summed E-state index contributed by atoms with van der Waals surface area (Å²) >= 11 is 12.5. The number of amides is 1. The number of carbonyl (C=O) groups excluding carboxylic acids is 1. The molecule has 5 heteroatoms. The van der Waals surface area contributed by atoms with E-state index in [1.54, 1.807) is 18.2 Å². The zero-order chi connectivity index (χ0) is 15.7. The third-order valence-electron chi connectivity index (χ3n) is 3.40. The van der Waals surface area contributed by atoms with Gasteiger partial charge in [-0.15, -0.1) is 0 Å². The van der Waals surface area contributed by atoms with Crippen LogP contribution in [-0.2, 0) is 9.53 Å². The largest absolute Gasteiger partial charge is 0.501 e. The number of carbonyl (C=O) groups is 1. The Labute approximate surface area is 138 Å². The Morgan fingerprint density at radius 3 is 2.45 bits per heavy atom. The van der Waals surface area contributed by atoms with E-state index in [1.165, 1.54) is 11.2 Å². The minimum atomic E-state index is -0.204. The molecule has 0 saturated carbocycles. The predicted molar refractivity (Wildman–Crippen MR) is 89.7 cm³/mol. The number of fused-ring (bicyclic) bond motifs is 1. The van der Waals surface area contributed by atoms with Crippen LogP contribution in [0.15, 0.2) is 48.7 Å². The van der Waals surface area contributed by atoms with Gasteiger partial charge in [-0.1, -0.05) is 47.5 Å². The van der Waals surface area contributed by atoms with E-state index in [0.29, 0.717) is 27.9 Å². The van der Waals surface area contributed by atoms with Gasteiger partial charge in [-0.3, -0.25) is 9.69 Å². The first kappa shape index (κ1) is 14.9. The van der Waals surface area contributed by atoms with Crippen molar-refractivity contribution in [1.29, 1.82) is 0 Å². The van der Waals surface area contributed by atoms with Gasteiger partial charge in [0.05, 0.1) is 39.9 Å². The number of hydrogen-bond donors (Lipinski definition) is 0. The Morgan fingerprint density at radius 2 is 1.77 bits per heavy atom. The zero-order valence-corrected chi connectivity index (χ0v) is 13.4. The molecule has 0 spiro atoms. The van der Waals surface area contributed by atoms with Crippen molar-refractivity contribution >= 4 is 46.1 Å². The predicted octanol–water partition coefficient (Wildman–Crippen LogP) is 5.05. The number of hydrogen-bond acceptors (Lipinski definition) is 2. The van der Waals surface area contributed by atoms with Crippen molar-refractivity contribution < 1.29 is 9.53 Å². The second kappa shape index (κ2) is 6.03. The number of halogens is 2. The van der Waals surface area contributed by atoms with E-state index >= 15 is 0 Å². The summed E-state index contributed by atoms with van der Waals surface area (Å²) < 4.78 is 5.31. The standard InChI is InChI=1S/C17H13Cl2NO2/c1-2-22-10-12-11-6-3-4-9-15(11)20(17(12)21)16-13(18)7-5-8-14(16)19/h3-10H,2H2,1H3. The Morgan fingerprint density at radius 1 is 1.09 bits per heavy atom. The molecule has 3 nitrogen and oxygen atoms in total. The van der Waals surface area contributed by atoms with Crippen LogP contribution in [0.1, 0.15) is 12.5 Å². The van der Waals surface area contributed by atoms with Crippen LogP contribution in [0.2, 0.25) is 10.0 Å². The lowest BCUT2D eigenvalue weighted by atomic mass is 10.1. The van der Waals surface area contributed by atoms with E-state index in [1.807, 2.05) is 31.2 Å². The summed E-state index contributed by atoms with van der Waals surface area (Å²) in [7, 11) is 0. The average Bonchev–Trinajstić information content (AvgIpc) is 2.78. The molecular formula is C17H13Cl2NO2. The number of rotatable bonds is 3. The van der Waals surface area contributed by atoms with E-state index in [-0.39, 0.29) is 5.91 Å². The highest BCUT2D eigenvalue weighted by atomic mass is 35.5. The molecule has 1 aliphatic rings. The summed E-state index contributed by atoms with van der Waals surface area (Å²) in [5, 5.41) is 0.849. The fraction of sp³-hybridized carbons (Fsp3) is 0.118. The first-order valence-electron chi connectivity index (χ1n) is 6.84. The minimum absolute atomic E-state index is 0.204. The van der Waals surface area contributed by atoms with Crippen molar-refractivity contribution in [3.05, 3.63) is 64.3 Å². The molecule has 1 aliphatic heterocycles. The molecule has 3 rings (SSSR count). The average molecular weight is 334 g/mol. The second-order valence-corrected chi connectivity index (χ2v) is 5.53. The van der Waals surface area contributed by atoms with Gasteiger partial charge in [-0.2, -0.15) is 0 Å². The van der Waals surface area contributed by atoms with Crippen molar-refractivity contribution in [1.82, 2.24) is 0 Å². The number of para-hydroxylation sites is 2. The molecule has 0 aliphatic carbocycles. The summed E-state index contributed by atoms with van der Waals surface area (Å²) in [6.45, 7) is 2.36. The molecule has 0 fully saturated rings. The molecular weight excluding hydrogens is 321 g/mol. The van der Waals surface area contributed by atoms with Crippen LogP contribution in [0.25, 0.3) is 5.57 Å². The SMILES string of the molecule is CCOC=C1C(=O)N(c2c(Cl)cccc2Cl)c2ccccc21. The molecule has 1 heterocycles. The number of anilines is 2. The number of nitrogens with zero attached hydrogens (tertiary/aromatic N) is 1. The lowest BCUT2D eigenvalue weighted by Gasteiger charge is -2.19. The number of benzene rings is 2. The highest BCUT2D eigenvalue weighted by Crippen LogP contribution is 2.46. The van der Waals surface area contributed by atoms with Crippen LogP contribution in [0.5, 0.6) is 0 Å². The normalized spacial score (nSPS) is 15.3. The summed E-state index contributed by atoms with van der Waals surface area (Å²) in [5.41, 5.74) is 2.53. The van der Waals surface area contributed by atoms with E-state index in [4.69, 9.17) is 27.9 Å². The van der Waals surface area contributed by atoms with Gasteiger partial charge in [0.1, 0.15) is 0 Å². The molecule has 1 amide bonds. The molecule has 0 bridgehead atoms. The Bertz CT molecular complexity index is 751. The quantitative estimate of drug-likeness (QED) is 0.581. The van der Waals surface area contributed by atoms with Gasteiger partial charge in [0, 0.05) is 5.56 Å². The molecule has 0 radical (unpaired) electrons. The van der Waals surface area contributed by atoms with E-state index in [2.05, 4.69) is 0 Å². The van der Waals surface area contributed by atoms with Gasteiger partial charge in [-0.25, -0.2) is 0 Å². The van der Waals surface area contributed by atoms with E-state index < -0.39 is 0 Å². The van der Waals surface area contributed by atoms with Crippen LogP contribution in [0.3, 0.4) is 0 Å². The van der Waals surface area contributed by atoms with Crippen LogP contribution in [0, 0.1) is 0 Å². The molecule has 0 unspecified atom stereocenters. The first-order chi connectivity index (χ1) is 10.6. The summed E-state index contributed by atoms with van der Waals surface area (Å²) in [6.07, 6.45) is 1.49. The molecule has 0 saturated heterocycles. The van der Waals surface area contributed by atoms with Crippen LogP contribution < -0.4 is 4.90 Å². The maximum absolute atomic E-state index is 12.8. The molecule has 2 aromatic carbocycles.